The number of thioether (sulfide) groups is 1. The van der Waals surface area contributed by atoms with Gasteiger partial charge in [0.05, 0.1) is 22.3 Å². The molecule has 124 valence electrons. The first-order chi connectivity index (χ1) is 11.3. The maximum atomic E-state index is 11.9. The van der Waals surface area contributed by atoms with E-state index in [0.29, 0.717) is 22.2 Å². The Hall–Kier alpha value is -2.65. The minimum Gasteiger partial charge on any atom is -0.548 e. The molecule has 1 fully saturated rings. The van der Waals surface area contributed by atoms with Crippen LogP contribution >= 0.6 is 23.4 Å². The predicted octanol–water partition coefficient (Wildman–Crippen LogP) is 1.50. The summed E-state index contributed by atoms with van der Waals surface area (Å²) in [7, 11) is 0. The van der Waals surface area contributed by atoms with Crippen molar-refractivity contribution in [3.05, 3.63) is 56.0 Å². The summed E-state index contributed by atoms with van der Waals surface area (Å²) in [6.45, 7) is -0.828. The van der Waals surface area contributed by atoms with Crippen LogP contribution in [0.15, 0.2) is 40.3 Å². The third-order valence-corrected chi connectivity index (χ3v) is 3.96. The number of benzene rings is 1. The minimum absolute atomic E-state index is 0.0237. The van der Waals surface area contributed by atoms with Crippen LogP contribution in [0.5, 0.6) is 0 Å². The molecular formula is C14H8ClN2O6S-. The molecule has 0 atom stereocenters. The molecule has 1 aliphatic rings. The van der Waals surface area contributed by atoms with E-state index < -0.39 is 28.6 Å². The van der Waals surface area contributed by atoms with Gasteiger partial charge in [-0.15, -0.1) is 0 Å². The molecule has 10 heteroatoms. The Kier molecular flexibility index (Phi) is 5.37. The average Bonchev–Trinajstić information content (AvgIpc) is 2.75. The molecule has 1 aromatic rings. The Morgan fingerprint density at radius 3 is 2.46 bits per heavy atom. The van der Waals surface area contributed by atoms with E-state index in [0.717, 1.165) is 0 Å². The topological polar surface area (TPSA) is 121 Å². The maximum Gasteiger partial charge on any atom is 0.293 e. The van der Waals surface area contributed by atoms with Crippen LogP contribution < -0.4 is 5.11 Å². The summed E-state index contributed by atoms with van der Waals surface area (Å²) in [5.74, 6) is -2.32. The van der Waals surface area contributed by atoms with E-state index in [2.05, 4.69) is 0 Å². The van der Waals surface area contributed by atoms with Gasteiger partial charge in [0.1, 0.15) is 0 Å². The molecule has 0 aliphatic carbocycles. The highest BCUT2D eigenvalue weighted by atomic mass is 35.5. The summed E-state index contributed by atoms with van der Waals surface area (Å²) in [6, 6.07) is 5.53. The molecule has 1 aromatic carbocycles. The second-order valence-electron chi connectivity index (χ2n) is 4.52. The smallest absolute Gasteiger partial charge is 0.293 e. The SMILES string of the molecule is O=C([O-])CN1C(=O)SC(=C/C(Cl)=C/c2ccc([N+](=O)[O-])cc2)C1=O. The first-order valence-electron chi connectivity index (χ1n) is 6.35. The molecule has 0 unspecified atom stereocenters. The molecule has 0 N–H and O–H groups in total. The van der Waals surface area contributed by atoms with E-state index in [4.69, 9.17) is 11.6 Å². The summed E-state index contributed by atoms with van der Waals surface area (Å²) in [6.07, 6.45) is 2.67. The molecule has 0 saturated carbocycles. The van der Waals surface area contributed by atoms with Crippen molar-refractivity contribution in [3.63, 3.8) is 0 Å². The molecule has 1 aliphatic heterocycles. The van der Waals surface area contributed by atoms with Gasteiger partial charge in [0.2, 0.25) is 0 Å². The Labute approximate surface area is 144 Å². The van der Waals surface area contributed by atoms with Crippen molar-refractivity contribution in [3.8, 4) is 0 Å². The van der Waals surface area contributed by atoms with Gasteiger partial charge in [-0.05, 0) is 41.6 Å². The monoisotopic (exact) mass is 367 g/mol. The minimum atomic E-state index is -1.55. The van der Waals surface area contributed by atoms with Gasteiger partial charge in [0, 0.05) is 17.2 Å². The predicted molar refractivity (Wildman–Crippen MR) is 84.7 cm³/mol. The summed E-state index contributed by atoms with van der Waals surface area (Å²) in [5, 5.41) is 20.5. The molecule has 2 rings (SSSR count). The van der Waals surface area contributed by atoms with Crippen LogP contribution in [0.4, 0.5) is 10.5 Å². The van der Waals surface area contributed by atoms with E-state index in [1.54, 1.807) is 0 Å². The lowest BCUT2D eigenvalue weighted by Gasteiger charge is -2.12. The number of rotatable bonds is 5. The molecule has 0 aromatic heterocycles. The first-order valence-corrected chi connectivity index (χ1v) is 7.54. The highest BCUT2D eigenvalue weighted by Gasteiger charge is 2.34. The molecule has 24 heavy (non-hydrogen) atoms. The van der Waals surface area contributed by atoms with Crippen LogP contribution in [0.3, 0.4) is 0 Å². The van der Waals surface area contributed by atoms with Crippen molar-refractivity contribution in [2.24, 2.45) is 0 Å². The van der Waals surface area contributed by atoms with Crippen molar-refractivity contribution in [1.82, 2.24) is 4.90 Å². The first kappa shape index (κ1) is 17.7. The molecule has 1 saturated heterocycles. The van der Waals surface area contributed by atoms with Gasteiger partial charge in [-0.3, -0.25) is 24.6 Å². The van der Waals surface area contributed by atoms with Gasteiger partial charge < -0.3 is 9.90 Å². The lowest BCUT2D eigenvalue weighted by molar-refractivity contribution is -0.384. The Bertz CT molecular complexity index is 787. The van der Waals surface area contributed by atoms with Crippen LogP contribution in [0.1, 0.15) is 5.56 Å². The van der Waals surface area contributed by atoms with Crippen molar-refractivity contribution in [2.45, 2.75) is 0 Å². The van der Waals surface area contributed by atoms with Crippen LogP contribution in [0, 0.1) is 10.1 Å². The van der Waals surface area contributed by atoms with Gasteiger partial charge in [0.15, 0.2) is 0 Å². The normalized spacial score (nSPS) is 16.8. The summed E-state index contributed by atoms with van der Waals surface area (Å²) < 4.78 is 0. The molecule has 0 radical (unpaired) electrons. The number of aliphatic carboxylic acids is 1. The van der Waals surface area contributed by atoms with Crippen LogP contribution in [0.25, 0.3) is 6.08 Å². The molecule has 0 spiro atoms. The van der Waals surface area contributed by atoms with Gasteiger partial charge in [-0.25, -0.2) is 0 Å². The zero-order valence-electron chi connectivity index (χ0n) is 11.8. The maximum absolute atomic E-state index is 11.9. The quantitative estimate of drug-likeness (QED) is 0.439. The summed E-state index contributed by atoms with van der Waals surface area (Å²) >= 11 is 6.55. The standard InChI is InChI=1S/C14H9ClN2O6S/c15-9(5-8-1-3-10(4-2-8)17(22)23)6-11-13(20)16(7-12(18)19)14(21)24-11/h1-6H,7H2,(H,18,19)/p-1/b9-5-,11-6?. The highest BCUT2D eigenvalue weighted by molar-refractivity contribution is 8.18. The fraction of sp³-hybridized carbons (Fsp3) is 0.0714. The number of allylic oxidation sites excluding steroid dienone is 2. The van der Waals surface area contributed by atoms with E-state index >= 15 is 0 Å². The fourth-order valence-corrected chi connectivity index (χ4v) is 2.91. The molecule has 0 bridgehead atoms. The number of carbonyl (C=O) groups excluding carboxylic acids is 3. The highest BCUT2D eigenvalue weighted by Crippen LogP contribution is 2.32. The zero-order chi connectivity index (χ0) is 17.9. The second-order valence-corrected chi connectivity index (χ2v) is 5.95. The number of carbonyl (C=O) groups is 3. The van der Waals surface area contributed by atoms with E-state index in [1.165, 1.54) is 36.4 Å². The summed E-state index contributed by atoms with van der Waals surface area (Å²) in [4.78, 5) is 44.6. The lowest BCUT2D eigenvalue weighted by atomic mass is 10.2. The number of nitrogens with zero attached hydrogens (tertiary/aromatic N) is 2. The van der Waals surface area contributed by atoms with E-state index in [9.17, 15) is 29.6 Å². The number of nitro benzene ring substituents is 1. The second kappa shape index (κ2) is 7.28. The van der Waals surface area contributed by atoms with Crippen molar-refractivity contribution in [2.75, 3.05) is 6.54 Å². The third-order valence-electron chi connectivity index (χ3n) is 2.84. The molecule has 8 nitrogen and oxygen atoms in total. The van der Waals surface area contributed by atoms with E-state index in [-0.39, 0.29) is 15.6 Å². The number of hydrogen-bond donors (Lipinski definition) is 0. The van der Waals surface area contributed by atoms with E-state index in [1.807, 2.05) is 0 Å². The average molecular weight is 368 g/mol. The van der Waals surface area contributed by atoms with Crippen molar-refractivity contribution < 1.29 is 24.4 Å². The Morgan fingerprint density at radius 2 is 1.92 bits per heavy atom. The van der Waals surface area contributed by atoms with Gasteiger partial charge in [-0.2, -0.15) is 0 Å². The number of carboxylic acid groups (broad SMARTS) is 1. The number of amides is 2. The summed E-state index contributed by atoms with van der Waals surface area (Å²) in [5.41, 5.74) is 0.475. The Morgan fingerprint density at radius 1 is 1.29 bits per heavy atom. The van der Waals surface area contributed by atoms with Gasteiger partial charge in [-0.1, -0.05) is 11.6 Å². The Balaban J connectivity index is 2.18. The number of imide groups is 1. The molecule has 2 amide bonds. The van der Waals surface area contributed by atoms with Crippen molar-refractivity contribution in [1.29, 1.82) is 0 Å². The number of hydrogen-bond acceptors (Lipinski definition) is 7. The number of carboxylic acids is 1. The lowest BCUT2D eigenvalue weighted by Crippen LogP contribution is -2.40. The third kappa shape index (κ3) is 4.21. The zero-order valence-corrected chi connectivity index (χ0v) is 13.4. The largest absolute Gasteiger partial charge is 0.548 e. The molecule has 1 heterocycles. The van der Waals surface area contributed by atoms with Crippen LogP contribution in [-0.2, 0) is 9.59 Å². The van der Waals surface area contributed by atoms with Gasteiger partial charge in [0.25, 0.3) is 16.8 Å². The number of non-ortho nitro benzene ring substituents is 1. The van der Waals surface area contributed by atoms with Crippen molar-refractivity contribution >= 4 is 52.2 Å². The number of nitro groups is 1. The number of halogens is 1. The fourth-order valence-electron chi connectivity index (χ4n) is 1.78. The van der Waals surface area contributed by atoms with Gasteiger partial charge >= 0.3 is 0 Å². The molecular weight excluding hydrogens is 360 g/mol. The van der Waals surface area contributed by atoms with Crippen LogP contribution in [-0.4, -0.2) is 33.5 Å². The van der Waals surface area contributed by atoms with Crippen LogP contribution in [0.2, 0.25) is 0 Å².